The van der Waals surface area contributed by atoms with Gasteiger partial charge in [-0.2, -0.15) is 0 Å². The third kappa shape index (κ3) is 1.98. The molecule has 3 amide bonds. The number of urea groups is 1. The van der Waals surface area contributed by atoms with Crippen molar-refractivity contribution in [2.45, 2.75) is 25.2 Å². The molecule has 1 fully saturated rings. The van der Waals surface area contributed by atoms with Gasteiger partial charge in [0.05, 0.1) is 0 Å². The minimum Gasteiger partial charge on any atom is -0.315 e. The predicted octanol–water partition coefficient (Wildman–Crippen LogP) is 1.66. The van der Waals surface area contributed by atoms with Crippen molar-refractivity contribution in [3.05, 3.63) is 35.4 Å². The Bertz CT molecular complexity index is 498. The van der Waals surface area contributed by atoms with E-state index < -0.39 is 0 Å². The predicted molar refractivity (Wildman–Crippen MR) is 67.2 cm³/mol. The highest BCUT2D eigenvalue weighted by Crippen LogP contribution is 2.32. The van der Waals surface area contributed by atoms with Crippen molar-refractivity contribution in [2.24, 2.45) is 0 Å². The Kier molecular flexibility index (Phi) is 2.78. The summed E-state index contributed by atoms with van der Waals surface area (Å²) in [6.45, 7) is 0.853. The fourth-order valence-corrected chi connectivity index (χ4v) is 2.94. The second-order valence-corrected chi connectivity index (χ2v) is 5.02. The van der Waals surface area contributed by atoms with Gasteiger partial charge in [0.2, 0.25) is 5.91 Å². The van der Waals surface area contributed by atoms with Crippen molar-refractivity contribution in [1.29, 1.82) is 0 Å². The number of nitrogens with one attached hydrogen (secondary N) is 1. The van der Waals surface area contributed by atoms with E-state index in [9.17, 15) is 9.59 Å². The molecule has 18 heavy (non-hydrogen) atoms. The molecule has 2 aliphatic rings. The van der Waals surface area contributed by atoms with E-state index >= 15 is 0 Å². The molecule has 1 aromatic carbocycles. The SMILES string of the molecule is O=C1CN(CC2CCCc3ccccc32)C(=O)N1. The van der Waals surface area contributed by atoms with Gasteiger partial charge in [0.15, 0.2) is 0 Å². The van der Waals surface area contributed by atoms with Gasteiger partial charge in [0.25, 0.3) is 0 Å². The molecule has 1 unspecified atom stereocenters. The number of amides is 3. The van der Waals surface area contributed by atoms with E-state index in [4.69, 9.17) is 0 Å². The van der Waals surface area contributed by atoms with Crippen molar-refractivity contribution >= 4 is 11.9 Å². The lowest BCUT2D eigenvalue weighted by Crippen LogP contribution is -2.33. The maximum Gasteiger partial charge on any atom is 0.324 e. The number of fused-ring (bicyclic) bond motifs is 1. The largest absolute Gasteiger partial charge is 0.324 e. The highest BCUT2D eigenvalue weighted by molar-refractivity contribution is 6.01. The number of hydrogen-bond donors (Lipinski definition) is 1. The van der Waals surface area contributed by atoms with E-state index in [-0.39, 0.29) is 18.5 Å². The average molecular weight is 244 g/mol. The normalized spacial score (nSPS) is 22.9. The van der Waals surface area contributed by atoms with Gasteiger partial charge in [-0.3, -0.25) is 10.1 Å². The molecular weight excluding hydrogens is 228 g/mol. The smallest absolute Gasteiger partial charge is 0.315 e. The van der Waals surface area contributed by atoms with Gasteiger partial charge in [0.1, 0.15) is 6.54 Å². The topological polar surface area (TPSA) is 49.4 Å². The summed E-state index contributed by atoms with van der Waals surface area (Å²) in [6, 6.07) is 8.17. The van der Waals surface area contributed by atoms with Crippen molar-refractivity contribution in [3.8, 4) is 0 Å². The number of imide groups is 1. The molecule has 4 nitrogen and oxygen atoms in total. The lowest BCUT2D eigenvalue weighted by molar-refractivity contribution is -0.118. The second kappa shape index (κ2) is 4.44. The van der Waals surface area contributed by atoms with Gasteiger partial charge in [-0.25, -0.2) is 4.79 Å². The van der Waals surface area contributed by atoms with E-state index in [1.165, 1.54) is 11.1 Å². The number of carbonyl (C=O) groups is 2. The first-order chi connectivity index (χ1) is 8.74. The lowest BCUT2D eigenvalue weighted by Gasteiger charge is -2.28. The van der Waals surface area contributed by atoms with Gasteiger partial charge in [-0.15, -0.1) is 0 Å². The molecule has 1 aromatic rings. The van der Waals surface area contributed by atoms with Crippen LogP contribution >= 0.6 is 0 Å². The van der Waals surface area contributed by atoms with Crippen molar-refractivity contribution in [1.82, 2.24) is 10.2 Å². The summed E-state index contributed by atoms with van der Waals surface area (Å²) < 4.78 is 0. The summed E-state index contributed by atoms with van der Waals surface area (Å²) in [6.07, 6.45) is 3.37. The van der Waals surface area contributed by atoms with Crippen LogP contribution in [0.4, 0.5) is 4.79 Å². The van der Waals surface area contributed by atoms with Crippen LogP contribution in [-0.2, 0) is 11.2 Å². The van der Waals surface area contributed by atoms with E-state index in [1.54, 1.807) is 4.90 Å². The Morgan fingerprint density at radius 1 is 1.28 bits per heavy atom. The minimum atomic E-state index is -0.247. The van der Waals surface area contributed by atoms with Crippen LogP contribution < -0.4 is 5.32 Å². The zero-order valence-corrected chi connectivity index (χ0v) is 10.2. The number of hydrogen-bond acceptors (Lipinski definition) is 2. The van der Waals surface area contributed by atoms with Crippen molar-refractivity contribution in [3.63, 3.8) is 0 Å². The number of carbonyl (C=O) groups excluding carboxylic acids is 2. The van der Waals surface area contributed by atoms with Crippen LogP contribution in [0.15, 0.2) is 24.3 Å². The first kappa shape index (κ1) is 11.3. The van der Waals surface area contributed by atoms with Gasteiger partial charge in [-0.05, 0) is 30.4 Å². The highest BCUT2D eigenvalue weighted by Gasteiger charge is 2.30. The Hall–Kier alpha value is -1.84. The lowest BCUT2D eigenvalue weighted by atomic mass is 9.82. The van der Waals surface area contributed by atoms with E-state index in [1.807, 2.05) is 6.07 Å². The van der Waals surface area contributed by atoms with E-state index in [0.29, 0.717) is 12.5 Å². The van der Waals surface area contributed by atoms with Gasteiger partial charge in [-0.1, -0.05) is 24.3 Å². The fourth-order valence-electron chi connectivity index (χ4n) is 2.94. The van der Waals surface area contributed by atoms with Crippen LogP contribution in [0, 0.1) is 0 Å². The summed E-state index contributed by atoms with van der Waals surface area (Å²) >= 11 is 0. The van der Waals surface area contributed by atoms with E-state index in [2.05, 4.69) is 23.5 Å². The third-order valence-corrected chi connectivity index (χ3v) is 3.80. The second-order valence-electron chi connectivity index (χ2n) is 5.02. The Balaban J connectivity index is 1.78. The van der Waals surface area contributed by atoms with Crippen molar-refractivity contribution in [2.75, 3.05) is 13.1 Å². The maximum absolute atomic E-state index is 11.6. The minimum absolute atomic E-state index is 0.191. The molecular formula is C14H16N2O2. The monoisotopic (exact) mass is 244 g/mol. The zero-order chi connectivity index (χ0) is 12.5. The average Bonchev–Trinajstić information content (AvgIpc) is 2.68. The summed E-state index contributed by atoms with van der Waals surface area (Å²) in [4.78, 5) is 24.4. The molecule has 1 saturated heterocycles. The van der Waals surface area contributed by atoms with Crippen LogP contribution in [-0.4, -0.2) is 29.9 Å². The quantitative estimate of drug-likeness (QED) is 0.804. The van der Waals surface area contributed by atoms with Gasteiger partial charge in [0, 0.05) is 12.5 Å². The molecule has 1 atom stereocenters. The third-order valence-electron chi connectivity index (χ3n) is 3.80. The molecule has 0 bridgehead atoms. The molecule has 0 spiro atoms. The number of rotatable bonds is 2. The summed E-state index contributed by atoms with van der Waals surface area (Å²) in [7, 11) is 0. The fraction of sp³-hybridized carbons (Fsp3) is 0.429. The first-order valence-electron chi connectivity index (χ1n) is 6.40. The number of aryl methyl sites for hydroxylation is 1. The zero-order valence-electron chi connectivity index (χ0n) is 10.2. The van der Waals surface area contributed by atoms with Crippen LogP contribution in [0.2, 0.25) is 0 Å². The number of benzene rings is 1. The summed E-state index contributed by atoms with van der Waals surface area (Å²) in [5.41, 5.74) is 2.73. The molecule has 3 rings (SSSR count). The summed E-state index contributed by atoms with van der Waals surface area (Å²) in [5, 5.41) is 2.33. The molecule has 0 saturated carbocycles. The van der Waals surface area contributed by atoms with Gasteiger partial charge < -0.3 is 4.90 Å². The van der Waals surface area contributed by atoms with Crippen LogP contribution in [0.5, 0.6) is 0 Å². The summed E-state index contributed by atoms with van der Waals surface area (Å²) in [5.74, 6) is 0.177. The standard InChI is InChI=1S/C14H16N2O2/c17-13-9-16(14(18)15-13)8-11-6-3-5-10-4-1-2-7-12(10)11/h1-2,4,7,11H,3,5-6,8-9H2,(H,15,17,18). The Labute approximate surface area is 106 Å². The number of nitrogens with zero attached hydrogens (tertiary/aromatic N) is 1. The molecule has 1 aliphatic carbocycles. The molecule has 1 N–H and O–H groups in total. The Morgan fingerprint density at radius 2 is 2.11 bits per heavy atom. The van der Waals surface area contributed by atoms with Crippen LogP contribution in [0.25, 0.3) is 0 Å². The molecule has 1 heterocycles. The molecule has 0 aromatic heterocycles. The molecule has 94 valence electrons. The van der Waals surface area contributed by atoms with Crippen LogP contribution in [0.1, 0.15) is 29.9 Å². The van der Waals surface area contributed by atoms with Crippen LogP contribution in [0.3, 0.4) is 0 Å². The molecule has 0 radical (unpaired) electrons. The molecule has 1 aliphatic heterocycles. The van der Waals surface area contributed by atoms with Gasteiger partial charge >= 0.3 is 6.03 Å². The highest BCUT2D eigenvalue weighted by atomic mass is 16.2. The van der Waals surface area contributed by atoms with Crippen molar-refractivity contribution < 1.29 is 9.59 Å². The molecule has 4 heteroatoms. The Morgan fingerprint density at radius 3 is 2.89 bits per heavy atom. The maximum atomic E-state index is 11.6. The first-order valence-corrected chi connectivity index (χ1v) is 6.40. The van der Waals surface area contributed by atoms with E-state index in [0.717, 1.165) is 19.3 Å².